The molecule has 120 valence electrons. The highest BCUT2D eigenvalue weighted by Crippen LogP contribution is 2.27. The number of hydrogen-bond acceptors (Lipinski definition) is 5. The molecule has 0 saturated heterocycles. The Hall–Kier alpha value is -2.50. The van der Waals surface area contributed by atoms with E-state index in [-0.39, 0.29) is 17.9 Å². The number of carbonyl (C=O) groups excluding carboxylic acids is 1. The third-order valence-electron chi connectivity index (χ3n) is 4.21. The average Bonchev–Trinajstić information content (AvgIpc) is 2.55. The van der Waals surface area contributed by atoms with Crippen LogP contribution in [0.15, 0.2) is 30.5 Å². The first-order valence-electron chi connectivity index (χ1n) is 7.96. The molecule has 23 heavy (non-hydrogen) atoms. The number of carbonyl (C=O) groups is 1. The summed E-state index contributed by atoms with van der Waals surface area (Å²) >= 11 is 0. The van der Waals surface area contributed by atoms with E-state index in [2.05, 4.69) is 20.3 Å². The van der Waals surface area contributed by atoms with E-state index in [1.165, 1.54) is 0 Å². The Bertz CT molecular complexity index is 689. The van der Waals surface area contributed by atoms with Gasteiger partial charge in [0, 0.05) is 24.0 Å². The highest BCUT2D eigenvalue weighted by atomic mass is 16.1. The monoisotopic (exact) mass is 311 g/mol. The first-order chi connectivity index (χ1) is 11.1. The zero-order chi connectivity index (χ0) is 16.2. The van der Waals surface area contributed by atoms with Crippen LogP contribution in [0.5, 0.6) is 0 Å². The number of nitrogens with zero attached hydrogens (tertiary/aromatic N) is 3. The second-order valence-corrected chi connectivity index (χ2v) is 5.98. The van der Waals surface area contributed by atoms with Crippen molar-refractivity contribution in [3.05, 3.63) is 36.2 Å². The van der Waals surface area contributed by atoms with Gasteiger partial charge in [-0.05, 0) is 31.9 Å². The van der Waals surface area contributed by atoms with Gasteiger partial charge in [-0.3, -0.25) is 9.78 Å². The van der Waals surface area contributed by atoms with Crippen LogP contribution >= 0.6 is 0 Å². The summed E-state index contributed by atoms with van der Waals surface area (Å²) in [5, 5.41) is 3.38. The first-order valence-corrected chi connectivity index (χ1v) is 7.96. The Morgan fingerprint density at radius 1 is 1.26 bits per heavy atom. The van der Waals surface area contributed by atoms with E-state index in [1.807, 2.05) is 31.2 Å². The van der Waals surface area contributed by atoms with Gasteiger partial charge in [0.05, 0.1) is 5.92 Å². The summed E-state index contributed by atoms with van der Waals surface area (Å²) in [5.74, 6) is 0.922. The molecule has 2 aromatic rings. The van der Waals surface area contributed by atoms with Crippen molar-refractivity contribution in [1.29, 1.82) is 0 Å². The van der Waals surface area contributed by atoms with Crippen LogP contribution in [0.25, 0.3) is 11.5 Å². The van der Waals surface area contributed by atoms with Gasteiger partial charge < -0.3 is 11.1 Å². The largest absolute Gasteiger partial charge is 0.369 e. The molecule has 2 aromatic heterocycles. The zero-order valence-electron chi connectivity index (χ0n) is 13.2. The lowest BCUT2D eigenvalue weighted by atomic mass is 9.84. The molecule has 2 atom stereocenters. The second-order valence-electron chi connectivity index (χ2n) is 5.98. The Balaban J connectivity index is 1.85. The number of nitrogens with two attached hydrogens (primary N) is 1. The van der Waals surface area contributed by atoms with E-state index in [4.69, 9.17) is 5.73 Å². The van der Waals surface area contributed by atoms with Gasteiger partial charge in [0.25, 0.3) is 0 Å². The van der Waals surface area contributed by atoms with Crippen molar-refractivity contribution in [2.45, 2.75) is 38.6 Å². The van der Waals surface area contributed by atoms with Gasteiger partial charge in [-0.1, -0.05) is 18.9 Å². The summed E-state index contributed by atoms with van der Waals surface area (Å²) in [6.07, 6.45) is 5.63. The Kier molecular flexibility index (Phi) is 4.50. The molecule has 2 heterocycles. The number of nitrogens with one attached hydrogen (secondary N) is 1. The van der Waals surface area contributed by atoms with Crippen molar-refractivity contribution in [3.8, 4) is 11.5 Å². The molecule has 1 aliphatic rings. The molecule has 3 rings (SSSR count). The first kappa shape index (κ1) is 15.4. The third kappa shape index (κ3) is 3.64. The van der Waals surface area contributed by atoms with Crippen LogP contribution in [0.3, 0.4) is 0 Å². The van der Waals surface area contributed by atoms with Crippen LogP contribution in [-0.2, 0) is 4.79 Å². The van der Waals surface area contributed by atoms with Crippen LogP contribution in [0.1, 0.15) is 31.4 Å². The summed E-state index contributed by atoms with van der Waals surface area (Å²) in [7, 11) is 0. The molecule has 1 fully saturated rings. The highest BCUT2D eigenvalue weighted by molar-refractivity contribution is 5.78. The van der Waals surface area contributed by atoms with E-state index < -0.39 is 0 Å². The third-order valence-corrected chi connectivity index (χ3v) is 4.21. The van der Waals surface area contributed by atoms with Gasteiger partial charge in [0.1, 0.15) is 11.5 Å². The van der Waals surface area contributed by atoms with E-state index >= 15 is 0 Å². The summed E-state index contributed by atoms with van der Waals surface area (Å²) in [4.78, 5) is 24.9. The standard InChI is InChI=1S/C17H21N5O/c1-11-10-15(21-13-7-3-2-6-12(13)16(18)23)22-17(20-11)14-8-4-5-9-19-14/h4-5,8-10,12-13H,2-3,6-7H2,1H3,(H2,18,23)(H,20,21,22)/t12-,13+/m0/s1. The van der Waals surface area contributed by atoms with Gasteiger partial charge >= 0.3 is 0 Å². The minimum Gasteiger partial charge on any atom is -0.369 e. The average molecular weight is 311 g/mol. The topological polar surface area (TPSA) is 93.8 Å². The Labute approximate surface area is 135 Å². The number of aromatic nitrogens is 3. The van der Waals surface area contributed by atoms with E-state index in [0.717, 1.165) is 42.9 Å². The van der Waals surface area contributed by atoms with Crippen LogP contribution in [-0.4, -0.2) is 26.9 Å². The minimum absolute atomic E-state index is 0.0344. The fourth-order valence-corrected chi connectivity index (χ4v) is 3.09. The maximum absolute atomic E-state index is 11.6. The van der Waals surface area contributed by atoms with Crippen molar-refractivity contribution in [1.82, 2.24) is 15.0 Å². The second kappa shape index (κ2) is 6.73. The smallest absolute Gasteiger partial charge is 0.222 e. The molecule has 6 nitrogen and oxygen atoms in total. The Morgan fingerprint density at radius 2 is 2.09 bits per heavy atom. The van der Waals surface area contributed by atoms with E-state index in [1.54, 1.807) is 6.20 Å². The lowest BCUT2D eigenvalue weighted by Crippen LogP contribution is -2.40. The van der Waals surface area contributed by atoms with Gasteiger partial charge in [-0.15, -0.1) is 0 Å². The number of pyridine rings is 1. The van der Waals surface area contributed by atoms with Crippen LogP contribution < -0.4 is 11.1 Å². The number of rotatable bonds is 4. The molecular formula is C17H21N5O. The van der Waals surface area contributed by atoms with Gasteiger partial charge in [0.2, 0.25) is 5.91 Å². The molecule has 0 aliphatic heterocycles. The quantitative estimate of drug-likeness (QED) is 0.903. The minimum atomic E-state index is -0.238. The van der Waals surface area contributed by atoms with Crippen LogP contribution in [0, 0.1) is 12.8 Å². The van der Waals surface area contributed by atoms with Crippen molar-refractivity contribution in [2.24, 2.45) is 11.7 Å². The van der Waals surface area contributed by atoms with Gasteiger partial charge in [-0.25, -0.2) is 9.97 Å². The van der Waals surface area contributed by atoms with Crippen LogP contribution in [0.2, 0.25) is 0 Å². The van der Waals surface area contributed by atoms with Crippen LogP contribution in [0.4, 0.5) is 5.82 Å². The van der Waals surface area contributed by atoms with Crippen molar-refractivity contribution in [2.75, 3.05) is 5.32 Å². The van der Waals surface area contributed by atoms with E-state index in [9.17, 15) is 4.79 Å². The fraction of sp³-hybridized carbons (Fsp3) is 0.412. The summed E-state index contributed by atoms with van der Waals surface area (Å²) in [6, 6.07) is 7.57. The fourth-order valence-electron chi connectivity index (χ4n) is 3.09. The molecule has 1 saturated carbocycles. The van der Waals surface area contributed by atoms with Crippen molar-refractivity contribution < 1.29 is 4.79 Å². The molecule has 0 radical (unpaired) electrons. The molecule has 1 aliphatic carbocycles. The molecule has 0 aromatic carbocycles. The number of amides is 1. The molecule has 0 spiro atoms. The van der Waals surface area contributed by atoms with E-state index in [0.29, 0.717) is 5.82 Å². The summed E-state index contributed by atoms with van der Waals surface area (Å²) in [5.41, 5.74) is 7.13. The molecule has 1 amide bonds. The van der Waals surface area contributed by atoms with Gasteiger partial charge in [0.15, 0.2) is 5.82 Å². The maximum Gasteiger partial charge on any atom is 0.222 e. The molecule has 3 N–H and O–H groups in total. The highest BCUT2D eigenvalue weighted by Gasteiger charge is 2.29. The zero-order valence-corrected chi connectivity index (χ0v) is 13.2. The SMILES string of the molecule is Cc1cc(N[C@@H]2CCCC[C@@H]2C(N)=O)nc(-c2ccccn2)n1. The van der Waals surface area contributed by atoms with Gasteiger partial charge in [-0.2, -0.15) is 0 Å². The number of anilines is 1. The number of aryl methyl sites for hydroxylation is 1. The summed E-state index contributed by atoms with van der Waals surface area (Å²) in [6.45, 7) is 1.92. The normalized spacial score (nSPS) is 20.9. The number of hydrogen-bond donors (Lipinski definition) is 2. The van der Waals surface area contributed by atoms with Crippen molar-refractivity contribution >= 4 is 11.7 Å². The Morgan fingerprint density at radius 3 is 2.83 bits per heavy atom. The molecule has 0 bridgehead atoms. The summed E-state index contributed by atoms with van der Waals surface area (Å²) < 4.78 is 0. The molecule has 0 unspecified atom stereocenters. The molecule has 6 heteroatoms. The predicted molar refractivity (Wildman–Crippen MR) is 88.6 cm³/mol. The lowest BCUT2D eigenvalue weighted by Gasteiger charge is -2.30. The molecular weight excluding hydrogens is 290 g/mol. The predicted octanol–water partition coefficient (Wildman–Crippen LogP) is 2.30. The van der Waals surface area contributed by atoms with Crippen molar-refractivity contribution in [3.63, 3.8) is 0 Å². The number of primary amides is 1. The lowest BCUT2D eigenvalue weighted by molar-refractivity contribution is -0.122. The maximum atomic E-state index is 11.6.